The van der Waals surface area contributed by atoms with Gasteiger partial charge in [0.2, 0.25) is 5.91 Å². The van der Waals surface area contributed by atoms with Gasteiger partial charge >= 0.3 is 0 Å². The summed E-state index contributed by atoms with van der Waals surface area (Å²) in [7, 11) is 0. The number of carbonyl (C=O) groups excluding carboxylic acids is 1. The lowest BCUT2D eigenvalue weighted by molar-refractivity contribution is -0.123. The van der Waals surface area contributed by atoms with Gasteiger partial charge in [0.05, 0.1) is 6.04 Å². The summed E-state index contributed by atoms with van der Waals surface area (Å²) in [6.45, 7) is 11.3. The fourth-order valence-corrected chi connectivity index (χ4v) is 1.86. The molecule has 0 fully saturated rings. The van der Waals surface area contributed by atoms with Gasteiger partial charge in [0.15, 0.2) is 0 Å². The number of rotatable bonds is 8. The second-order valence-corrected chi connectivity index (χ2v) is 6.05. The van der Waals surface area contributed by atoms with E-state index in [0.29, 0.717) is 19.1 Å². The number of carbonyl (C=O) groups is 1. The Kier molecular flexibility index (Phi) is 7.23. The molecule has 0 aliphatic carbocycles. The molecule has 0 heterocycles. The molecule has 118 valence electrons. The SMILES string of the molecule is Cc1ccc(OCC(C)NC(C)C(=O)NCC(C)C)cc1. The van der Waals surface area contributed by atoms with Crippen LogP contribution in [0.3, 0.4) is 0 Å². The first-order chi connectivity index (χ1) is 9.88. The van der Waals surface area contributed by atoms with Crippen molar-refractivity contribution >= 4 is 5.91 Å². The van der Waals surface area contributed by atoms with Crippen LogP contribution in [-0.4, -0.2) is 31.1 Å². The largest absolute Gasteiger partial charge is 0.492 e. The summed E-state index contributed by atoms with van der Waals surface area (Å²) in [5.41, 5.74) is 1.21. The van der Waals surface area contributed by atoms with E-state index in [1.165, 1.54) is 5.56 Å². The van der Waals surface area contributed by atoms with Crippen LogP contribution >= 0.6 is 0 Å². The van der Waals surface area contributed by atoms with E-state index in [0.717, 1.165) is 5.75 Å². The molecule has 1 rings (SSSR count). The van der Waals surface area contributed by atoms with Gasteiger partial charge in [-0.2, -0.15) is 0 Å². The molecule has 0 saturated carbocycles. The van der Waals surface area contributed by atoms with Crippen molar-refractivity contribution in [3.8, 4) is 5.75 Å². The van der Waals surface area contributed by atoms with Crippen molar-refractivity contribution in [3.63, 3.8) is 0 Å². The van der Waals surface area contributed by atoms with Crippen molar-refractivity contribution in [3.05, 3.63) is 29.8 Å². The van der Waals surface area contributed by atoms with Crippen molar-refractivity contribution in [1.29, 1.82) is 0 Å². The molecule has 1 aromatic rings. The molecule has 0 radical (unpaired) electrons. The molecule has 0 aromatic heterocycles. The molecule has 0 saturated heterocycles. The number of amides is 1. The first-order valence-electron chi connectivity index (χ1n) is 7.61. The van der Waals surface area contributed by atoms with Crippen molar-refractivity contribution in [2.45, 2.75) is 46.7 Å². The van der Waals surface area contributed by atoms with E-state index in [1.807, 2.05) is 45.0 Å². The molecule has 4 nitrogen and oxygen atoms in total. The Hall–Kier alpha value is -1.55. The second-order valence-electron chi connectivity index (χ2n) is 6.05. The van der Waals surface area contributed by atoms with Crippen LogP contribution in [0.1, 0.15) is 33.3 Å². The van der Waals surface area contributed by atoms with E-state index >= 15 is 0 Å². The Morgan fingerprint density at radius 2 is 1.76 bits per heavy atom. The Bertz CT molecular complexity index is 429. The number of hydrogen-bond acceptors (Lipinski definition) is 3. The highest BCUT2D eigenvalue weighted by atomic mass is 16.5. The summed E-state index contributed by atoms with van der Waals surface area (Å²) >= 11 is 0. The minimum atomic E-state index is -0.222. The number of hydrogen-bond donors (Lipinski definition) is 2. The van der Waals surface area contributed by atoms with Gasteiger partial charge in [-0.1, -0.05) is 31.5 Å². The maximum absolute atomic E-state index is 11.9. The minimum Gasteiger partial charge on any atom is -0.492 e. The molecule has 0 aliphatic heterocycles. The fraction of sp³-hybridized carbons (Fsp3) is 0.588. The van der Waals surface area contributed by atoms with Gasteiger partial charge in [-0.3, -0.25) is 4.79 Å². The Labute approximate surface area is 128 Å². The first kappa shape index (κ1) is 17.5. The number of nitrogens with one attached hydrogen (secondary N) is 2. The summed E-state index contributed by atoms with van der Waals surface area (Å²) in [5, 5.41) is 6.17. The minimum absolute atomic E-state index is 0.0332. The zero-order valence-electron chi connectivity index (χ0n) is 13.8. The summed E-state index contributed by atoms with van der Waals surface area (Å²) in [6.07, 6.45) is 0. The van der Waals surface area contributed by atoms with E-state index in [2.05, 4.69) is 24.5 Å². The van der Waals surface area contributed by atoms with E-state index in [4.69, 9.17) is 4.74 Å². The van der Waals surface area contributed by atoms with Gasteiger partial charge in [-0.15, -0.1) is 0 Å². The molecule has 0 bridgehead atoms. The molecule has 2 unspecified atom stereocenters. The number of aryl methyl sites for hydroxylation is 1. The third-order valence-electron chi connectivity index (χ3n) is 3.13. The molecular formula is C17H28N2O2. The highest BCUT2D eigenvalue weighted by Crippen LogP contribution is 2.11. The predicted molar refractivity (Wildman–Crippen MR) is 86.6 cm³/mol. The fourth-order valence-electron chi connectivity index (χ4n) is 1.86. The summed E-state index contributed by atoms with van der Waals surface area (Å²) in [6, 6.07) is 7.85. The summed E-state index contributed by atoms with van der Waals surface area (Å²) in [5.74, 6) is 1.35. The van der Waals surface area contributed by atoms with Gasteiger partial charge in [-0.05, 0) is 38.8 Å². The monoisotopic (exact) mass is 292 g/mol. The standard InChI is InChI=1S/C17H28N2O2/c1-12(2)10-18-17(20)15(5)19-14(4)11-21-16-8-6-13(3)7-9-16/h6-9,12,14-15,19H,10-11H2,1-5H3,(H,18,20). The topological polar surface area (TPSA) is 50.4 Å². The van der Waals surface area contributed by atoms with Crippen molar-refractivity contribution in [1.82, 2.24) is 10.6 Å². The van der Waals surface area contributed by atoms with Crippen molar-refractivity contribution in [2.75, 3.05) is 13.2 Å². The molecule has 1 amide bonds. The molecule has 21 heavy (non-hydrogen) atoms. The maximum Gasteiger partial charge on any atom is 0.236 e. The van der Waals surface area contributed by atoms with Crippen LogP contribution in [0.25, 0.3) is 0 Å². The Morgan fingerprint density at radius 3 is 2.33 bits per heavy atom. The van der Waals surface area contributed by atoms with Crippen LogP contribution in [0, 0.1) is 12.8 Å². The Morgan fingerprint density at radius 1 is 1.14 bits per heavy atom. The normalized spacial score (nSPS) is 13.8. The number of benzene rings is 1. The molecule has 0 spiro atoms. The van der Waals surface area contributed by atoms with Crippen LogP contribution in [0.2, 0.25) is 0 Å². The molecule has 2 atom stereocenters. The third kappa shape index (κ3) is 7.14. The van der Waals surface area contributed by atoms with Crippen molar-refractivity contribution < 1.29 is 9.53 Å². The quantitative estimate of drug-likeness (QED) is 0.774. The van der Waals surface area contributed by atoms with E-state index < -0.39 is 0 Å². The van der Waals surface area contributed by atoms with Gasteiger partial charge < -0.3 is 15.4 Å². The van der Waals surface area contributed by atoms with Gasteiger partial charge in [0, 0.05) is 12.6 Å². The summed E-state index contributed by atoms with van der Waals surface area (Å²) < 4.78 is 5.71. The lowest BCUT2D eigenvalue weighted by Crippen LogP contribution is -2.48. The predicted octanol–water partition coefficient (Wildman–Crippen LogP) is 2.51. The zero-order chi connectivity index (χ0) is 15.8. The van der Waals surface area contributed by atoms with Gasteiger partial charge in [0.25, 0.3) is 0 Å². The molecule has 1 aromatic carbocycles. The number of ether oxygens (including phenoxy) is 1. The van der Waals surface area contributed by atoms with Crippen LogP contribution in [0.4, 0.5) is 0 Å². The van der Waals surface area contributed by atoms with Gasteiger partial charge in [0.1, 0.15) is 12.4 Å². The lowest BCUT2D eigenvalue weighted by Gasteiger charge is -2.20. The maximum atomic E-state index is 11.9. The van der Waals surface area contributed by atoms with Crippen LogP contribution in [-0.2, 0) is 4.79 Å². The molecule has 2 N–H and O–H groups in total. The molecular weight excluding hydrogens is 264 g/mol. The first-order valence-corrected chi connectivity index (χ1v) is 7.61. The van der Waals surface area contributed by atoms with Crippen LogP contribution in [0.15, 0.2) is 24.3 Å². The molecule has 0 aliphatic rings. The lowest BCUT2D eigenvalue weighted by atomic mass is 10.2. The van der Waals surface area contributed by atoms with E-state index in [9.17, 15) is 4.79 Å². The second kappa shape index (κ2) is 8.67. The van der Waals surface area contributed by atoms with E-state index in [1.54, 1.807) is 0 Å². The van der Waals surface area contributed by atoms with Gasteiger partial charge in [-0.25, -0.2) is 0 Å². The zero-order valence-corrected chi connectivity index (χ0v) is 13.8. The average molecular weight is 292 g/mol. The van der Waals surface area contributed by atoms with Crippen molar-refractivity contribution in [2.24, 2.45) is 5.92 Å². The average Bonchev–Trinajstić information content (AvgIpc) is 2.44. The van der Waals surface area contributed by atoms with E-state index in [-0.39, 0.29) is 18.0 Å². The Balaban J connectivity index is 2.30. The third-order valence-corrected chi connectivity index (χ3v) is 3.13. The highest BCUT2D eigenvalue weighted by molar-refractivity contribution is 5.81. The summed E-state index contributed by atoms with van der Waals surface area (Å²) in [4.78, 5) is 11.9. The highest BCUT2D eigenvalue weighted by Gasteiger charge is 2.15. The van der Waals surface area contributed by atoms with Crippen LogP contribution in [0.5, 0.6) is 5.75 Å². The smallest absolute Gasteiger partial charge is 0.236 e. The molecule has 4 heteroatoms. The van der Waals surface area contributed by atoms with Crippen LogP contribution < -0.4 is 15.4 Å².